The summed E-state index contributed by atoms with van der Waals surface area (Å²) in [5.41, 5.74) is 3.79. The van der Waals surface area contributed by atoms with Crippen molar-refractivity contribution in [3.05, 3.63) is 70.4 Å². The summed E-state index contributed by atoms with van der Waals surface area (Å²) in [7, 11) is 0. The van der Waals surface area contributed by atoms with Gasteiger partial charge in [-0.05, 0) is 51.0 Å². The van der Waals surface area contributed by atoms with Crippen LogP contribution in [0.3, 0.4) is 0 Å². The smallest absolute Gasteiger partial charge is 0.262 e. The Hall–Kier alpha value is -2.64. The number of thioether (sulfide) groups is 1. The number of nitrogens with zero attached hydrogens (tertiary/aromatic N) is 4. The SMILES string of the molecule is Cc1cccn2cc(CSc3nc4ccccc4c(=O)n3CCCOC(C)C)nc12. The van der Waals surface area contributed by atoms with Crippen molar-refractivity contribution in [2.45, 2.75) is 50.8 Å². The Morgan fingerprint density at radius 3 is 2.77 bits per heavy atom. The molecule has 0 bridgehead atoms. The summed E-state index contributed by atoms with van der Waals surface area (Å²) >= 11 is 1.55. The maximum atomic E-state index is 13.1. The molecule has 3 heterocycles. The van der Waals surface area contributed by atoms with E-state index in [9.17, 15) is 4.79 Å². The molecule has 0 atom stereocenters. The van der Waals surface area contributed by atoms with Crippen molar-refractivity contribution in [1.82, 2.24) is 18.9 Å². The van der Waals surface area contributed by atoms with Gasteiger partial charge in [-0.2, -0.15) is 0 Å². The minimum absolute atomic E-state index is 0.00140. The Bertz CT molecular complexity index is 1230. The molecule has 0 aliphatic heterocycles. The van der Waals surface area contributed by atoms with Crippen LogP contribution in [0.25, 0.3) is 16.6 Å². The highest BCUT2D eigenvalue weighted by atomic mass is 32.2. The number of hydrogen-bond acceptors (Lipinski definition) is 5. The van der Waals surface area contributed by atoms with Crippen LogP contribution in [0, 0.1) is 6.92 Å². The molecule has 0 amide bonds. The fraction of sp³-hybridized carbons (Fsp3) is 0.348. The Morgan fingerprint density at radius 2 is 1.97 bits per heavy atom. The number of ether oxygens (including phenoxy) is 1. The van der Waals surface area contributed by atoms with Gasteiger partial charge >= 0.3 is 0 Å². The lowest BCUT2D eigenvalue weighted by Gasteiger charge is -2.13. The zero-order valence-corrected chi connectivity index (χ0v) is 18.4. The minimum Gasteiger partial charge on any atom is -0.379 e. The molecule has 0 radical (unpaired) electrons. The highest BCUT2D eigenvalue weighted by Gasteiger charge is 2.13. The predicted molar refractivity (Wildman–Crippen MR) is 121 cm³/mol. The Kier molecular flexibility index (Phi) is 6.20. The molecule has 1 aromatic carbocycles. The van der Waals surface area contributed by atoms with E-state index in [0.29, 0.717) is 24.3 Å². The van der Waals surface area contributed by atoms with Gasteiger partial charge in [0.1, 0.15) is 5.65 Å². The van der Waals surface area contributed by atoms with E-state index >= 15 is 0 Å². The normalized spacial score (nSPS) is 11.7. The molecule has 0 unspecified atom stereocenters. The molecule has 0 saturated heterocycles. The zero-order chi connectivity index (χ0) is 21.1. The summed E-state index contributed by atoms with van der Waals surface area (Å²) in [6.07, 6.45) is 4.99. The summed E-state index contributed by atoms with van der Waals surface area (Å²) in [5, 5.41) is 1.37. The first-order valence-electron chi connectivity index (χ1n) is 10.2. The van der Waals surface area contributed by atoms with Crippen LogP contribution in [0.5, 0.6) is 0 Å². The molecule has 156 valence electrons. The average molecular weight is 423 g/mol. The van der Waals surface area contributed by atoms with Gasteiger partial charge in [-0.15, -0.1) is 0 Å². The van der Waals surface area contributed by atoms with E-state index in [1.54, 1.807) is 16.3 Å². The second kappa shape index (κ2) is 9.02. The highest BCUT2D eigenvalue weighted by Crippen LogP contribution is 2.23. The lowest BCUT2D eigenvalue weighted by molar-refractivity contribution is 0.0743. The van der Waals surface area contributed by atoms with E-state index in [1.807, 2.05) is 61.0 Å². The highest BCUT2D eigenvalue weighted by molar-refractivity contribution is 7.98. The second-order valence-corrected chi connectivity index (χ2v) is 8.53. The lowest BCUT2D eigenvalue weighted by atomic mass is 10.2. The number of aromatic nitrogens is 4. The quantitative estimate of drug-likeness (QED) is 0.238. The molecule has 4 rings (SSSR count). The van der Waals surface area contributed by atoms with Gasteiger partial charge in [0.25, 0.3) is 5.56 Å². The molecule has 0 spiro atoms. The molecular weight excluding hydrogens is 396 g/mol. The Labute approximate surface area is 179 Å². The first kappa shape index (κ1) is 20.6. The van der Waals surface area contributed by atoms with E-state index in [4.69, 9.17) is 14.7 Å². The third-order valence-electron chi connectivity index (χ3n) is 4.88. The monoisotopic (exact) mass is 422 g/mol. The number of aryl methyl sites for hydroxylation is 1. The first-order valence-corrected chi connectivity index (χ1v) is 11.2. The van der Waals surface area contributed by atoms with Crippen LogP contribution in [-0.2, 0) is 17.0 Å². The van der Waals surface area contributed by atoms with Crippen molar-refractivity contribution < 1.29 is 4.74 Å². The predicted octanol–water partition coefficient (Wildman–Crippen LogP) is 4.46. The first-order chi connectivity index (χ1) is 14.5. The molecular formula is C23H26N4O2S. The number of pyridine rings is 1. The number of rotatable bonds is 8. The molecule has 0 aliphatic carbocycles. The second-order valence-electron chi connectivity index (χ2n) is 7.58. The van der Waals surface area contributed by atoms with Crippen LogP contribution in [0.15, 0.2) is 58.7 Å². The van der Waals surface area contributed by atoms with Gasteiger partial charge in [0.05, 0.1) is 22.7 Å². The van der Waals surface area contributed by atoms with E-state index < -0.39 is 0 Å². The number of benzene rings is 1. The van der Waals surface area contributed by atoms with Crippen molar-refractivity contribution in [1.29, 1.82) is 0 Å². The summed E-state index contributed by atoms with van der Waals surface area (Å²) in [6.45, 7) is 7.28. The largest absolute Gasteiger partial charge is 0.379 e. The van der Waals surface area contributed by atoms with Crippen molar-refractivity contribution in [2.24, 2.45) is 0 Å². The molecule has 0 aliphatic rings. The van der Waals surface area contributed by atoms with E-state index in [0.717, 1.165) is 34.0 Å². The molecule has 30 heavy (non-hydrogen) atoms. The summed E-state index contributed by atoms with van der Waals surface area (Å²) in [5.74, 6) is 0.647. The molecule has 0 saturated carbocycles. The van der Waals surface area contributed by atoms with Gasteiger partial charge in [-0.3, -0.25) is 9.36 Å². The molecule has 6 nitrogen and oxygen atoms in total. The molecule has 0 N–H and O–H groups in total. The van der Waals surface area contributed by atoms with Gasteiger partial charge in [-0.1, -0.05) is 30.0 Å². The molecule has 3 aromatic heterocycles. The average Bonchev–Trinajstić information content (AvgIpc) is 3.15. The minimum atomic E-state index is -0.00140. The van der Waals surface area contributed by atoms with Crippen LogP contribution in [-0.4, -0.2) is 31.6 Å². The van der Waals surface area contributed by atoms with Crippen LogP contribution in [0.4, 0.5) is 0 Å². The van der Waals surface area contributed by atoms with Crippen molar-refractivity contribution in [3.63, 3.8) is 0 Å². The number of fused-ring (bicyclic) bond motifs is 2. The molecule has 7 heteroatoms. The fourth-order valence-corrected chi connectivity index (χ4v) is 4.32. The van der Waals surface area contributed by atoms with E-state index in [-0.39, 0.29) is 11.7 Å². The number of imidazole rings is 1. The molecule has 4 aromatic rings. The Morgan fingerprint density at radius 1 is 1.13 bits per heavy atom. The van der Waals surface area contributed by atoms with Gasteiger partial charge in [0.15, 0.2) is 5.16 Å². The summed E-state index contributed by atoms with van der Waals surface area (Å²) in [6, 6.07) is 11.6. The van der Waals surface area contributed by atoms with Crippen molar-refractivity contribution in [2.75, 3.05) is 6.61 Å². The fourth-order valence-electron chi connectivity index (χ4n) is 3.41. The van der Waals surface area contributed by atoms with Crippen molar-refractivity contribution >= 4 is 28.3 Å². The van der Waals surface area contributed by atoms with Crippen molar-refractivity contribution in [3.8, 4) is 0 Å². The van der Waals surface area contributed by atoms with Crippen LogP contribution >= 0.6 is 11.8 Å². The third-order valence-corrected chi connectivity index (χ3v) is 5.89. The van der Waals surface area contributed by atoms with Gasteiger partial charge in [0, 0.05) is 31.3 Å². The maximum Gasteiger partial charge on any atom is 0.262 e. The third kappa shape index (κ3) is 4.42. The molecule has 0 fully saturated rings. The standard InChI is InChI=1S/C23H26N4O2S/c1-16(2)29-13-7-12-27-22(28)19-9-4-5-10-20(19)25-23(27)30-15-18-14-26-11-6-8-17(3)21(26)24-18/h4-6,8-11,14,16H,7,12-13,15H2,1-3H3. The van der Waals surface area contributed by atoms with Gasteiger partial charge < -0.3 is 9.14 Å². The topological polar surface area (TPSA) is 61.4 Å². The van der Waals surface area contributed by atoms with E-state index in [1.165, 1.54) is 0 Å². The van der Waals surface area contributed by atoms with Crippen LogP contribution < -0.4 is 5.56 Å². The van der Waals surface area contributed by atoms with Gasteiger partial charge in [-0.25, -0.2) is 9.97 Å². The Balaban J connectivity index is 1.61. The summed E-state index contributed by atoms with van der Waals surface area (Å²) in [4.78, 5) is 22.7. The van der Waals surface area contributed by atoms with Crippen LogP contribution in [0.1, 0.15) is 31.5 Å². The van der Waals surface area contributed by atoms with E-state index in [2.05, 4.69) is 13.0 Å². The number of hydrogen-bond donors (Lipinski definition) is 0. The van der Waals surface area contributed by atoms with Gasteiger partial charge in [0.2, 0.25) is 0 Å². The maximum absolute atomic E-state index is 13.1. The summed E-state index contributed by atoms with van der Waals surface area (Å²) < 4.78 is 9.46. The lowest BCUT2D eigenvalue weighted by Crippen LogP contribution is -2.24. The number of para-hydroxylation sites is 1. The zero-order valence-electron chi connectivity index (χ0n) is 17.5. The van der Waals surface area contributed by atoms with Crippen LogP contribution in [0.2, 0.25) is 0 Å².